The lowest BCUT2D eigenvalue weighted by Crippen LogP contribution is -2.04. The van der Waals surface area contributed by atoms with E-state index in [1.54, 1.807) is 6.92 Å². The molecule has 0 aromatic carbocycles. The zero-order chi connectivity index (χ0) is 11.5. The van der Waals surface area contributed by atoms with Crippen LogP contribution in [0.5, 0.6) is 0 Å². The highest BCUT2D eigenvalue weighted by Crippen LogP contribution is 2.08. The van der Waals surface area contributed by atoms with Crippen molar-refractivity contribution in [1.29, 1.82) is 0 Å². The van der Waals surface area contributed by atoms with Crippen LogP contribution in [-0.4, -0.2) is 32.2 Å². The molecule has 1 rings (SSSR count). The van der Waals surface area contributed by atoms with Crippen LogP contribution in [0.4, 0.5) is 0 Å². The van der Waals surface area contributed by atoms with Gasteiger partial charge in [-0.3, -0.25) is 0 Å². The second kappa shape index (κ2) is 4.43. The number of hydrogen-bond donors (Lipinski definition) is 0. The fraction of sp³-hybridized carbons (Fsp3) is 0.500. The number of carbonyl (C=O) groups is 1. The molecule has 0 radical (unpaired) electrons. The fourth-order valence-electron chi connectivity index (χ4n) is 0.920. The summed E-state index contributed by atoms with van der Waals surface area (Å²) in [6, 6.07) is 0. The Bertz CT molecular complexity index is 447. The molecule has 0 atom stereocenters. The summed E-state index contributed by atoms with van der Waals surface area (Å²) in [5.74, 6) is -1.08. The summed E-state index contributed by atoms with van der Waals surface area (Å²) in [6.07, 6.45) is 2.27. The lowest BCUT2D eigenvalue weighted by Gasteiger charge is -1.95. The number of esters is 1. The van der Waals surface area contributed by atoms with Crippen LogP contribution >= 0.6 is 0 Å². The van der Waals surface area contributed by atoms with Crippen LogP contribution in [0.15, 0.2) is 10.6 Å². The Labute approximate surface area is 87.2 Å². The third-order valence-electron chi connectivity index (χ3n) is 1.41. The van der Waals surface area contributed by atoms with E-state index in [1.165, 1.54) is 6.20 Å². The van der Waals surface area contributed by atoms with Gasteiger partial charge in [-0.2, -0.15) is 0 Å². The summed E-state index contributed by atoms with van der Waals surface area (Å²) in [5, 5.41) is 0. The number of ether oxygens (including phenoxy) is 1. The van der Waals surface area contributed by atoms with Crippen LogP contribution < -0.4 is 0 Å². The van der Waals surface area contributed by atoms with E-state index in [1.807, 2.05) is 0 Å². The first-order valence-electron chi connectivity index (χ1n) is 4.22. The number of nitrogens with zero attached hydrogens (tertiary/aromatic N) is 1. The molecule has 0 fully saturated rings. The van der Waals surface area contributed by atoms with E-state index in [-0.39, 0.29) is 24.0 Å². The number of aromatic nitrogens is 1. The first-order valence-corrected chi connectivity index (χ1v) is 6.28. The average Bonchev–Trinajstić information content (AvgIpc) is 2.50. The molecule has 1 aromatic heterocycles. The predicted octanol–water partition coefficient (Wildman–Crippen LogP) is 0.396. The van der Waals surface area contributed by atoms with E-state index in [0.717, 1.165) is 6.26 Å². The van der Waals surface area contributed by atoms with Gasteiger partial charge < -0.3 is 9.15 Å². The fourth-order valence-corrected chi connectivity index (χ4v) is 1.57. The summed E-state index contributed by atoms with van der Waals surface area (Å²) >= 11 is 0. The van der Waals surface area contributed by atoms with Crippen molar-refractivity contribution < 1.29 is 22.4 Å². The van der Waals surface area contributed by atoms with Gasteiger partial charge in [0.1, 0.15) is 11.5 Å². The number of hydrogen-bond acceptors (Lipinski definition) is 6. The summed E-state index contributed by atoms with van der Waals surface area (Å²) in [5.41, 5.74) is 0. The second-order valence-electron chi connectivity index (χ2n) is 2.92. The Kier molecular flexibility index (Phi) is 3.46. The Morgan fingerprint density at radius 3 is 2.80 bits per heavy atom. The van der Waals surface area contributed by atoms with Crippen molar-refractivity contribution in [3.05, 3.63) is 17.8 Å². The van der Waals surface area contributed by atoms with Crippen molar-refractivity contribution in [2.45, 2.75) is 12.7 Å². The van der Waals surface area contributed by atoms with Crippen molar-refractivity contribution >= 4 is 15.8 Å². The standard InChI is InChI=1S/C8H11NO5S/c1-3-13-8(10)7-9-4-6(14-7)5-15(2,11)12/h4H,3,5H2,1-2H3. The zero-order valence-electron chi connectivity index (χ0n) is 8.39. The molecule has 84 valence electrons. The third-order valence-corrected chi connectivity index (χ3v) is 2.22. The van der Waals surface area contributed by atoms with Gasteiger partial charge in [-0.05, 0) is 6.92 Å². The molecule has 1 aromatic rings. The highest BCUT2D eigenvalue weighted by Gasteiger charge is 2.16. The van der Waals surface area contributed by atoms with E-state index in [9.17, 15) is 13.2 Å². The first kappa shape index (κ1) is 11.7. The number of oxazole rings is 1. The summed E-state index contributed by atoms with van der Waals surface area (Å²) < 4.78 is 31.3. The molecule has 0 saturated carbocycles. The van der Waals surface area contributed by atoms with Crippen LogP contribution in [0.3, 0.4) is 0 Å². The normalized spacial score (nSPS) is 11.3. The minimum Gasteiger partial charge on any atom is -0.459 e. The van der Waals surface area contributed by atoms with Gasteiger partial charge in [0.05, 0.1) is 12.8 Å². The van der Waals surface area contributed by atoms with E-state index in [2.05, 4.69) is 9.72 Å². The van der Waals surface area contributed by atoms with E-state index in [4.69, 9.17) is 4.42 Å². The van der Waals surface area contributed by atoms with Crippen LogP contribution in [0.1, 0.15) is 23.4 Å². The Morgan fingerprint density at radius 1 is 1.60 bits per heavy atom. The van der Waals surface area contributed by atoms with Crippen LogP contribution in [0, 0.1) is 0 Å². The molecule has 0 saturated heterocycles. The van der Waals surface area contributed by atoms with Gasteiger partial charge in [0.2, 0.25) is 0 Å². The number of rotatable bonds is 4. The van der Waals surface area contributed by atoms with Crippen molar-refractivity contribution in [3.63, 3.8) is 0 Å². The molecular weight excluding hydrogens is 222 g/mol. The maximum Gasteiger partial charge on any atom is 0.394 e. The summed E-state index contributed by atoms with van der Waals surface area (Å²) in [7, 11) is -3.19. The highest BCUT2D eigenvalue weighted by molar-refractivity contribution is 7.89. The second-order valence-corrected chi connectivity index (χ2v) is 5.06. The van der Waals surface area contributed by atoms with Gasteiger partial charge in [-0.15, -0.1) is 0 Å². The van der Waals surface area contributed by atoms with Crippen LogP contribution in [0.2, 0.25) is 0 Å². The molecule has 1 heterocycles. The smallest absolute Gasteiger partial charge is 0.394 e. The van der Waals surface area contributed by atoms with Crippen LogP contribution in [-0.2, 0) is 20.3 Å². The van der Waals surface area contributed by atoms with Crippen molar-refractivity contribution in [2.24, 2.45) is 0 Å². The summed E-state index contributed by atoms with van der Waals surface area (Å²) in [4.78, 5) is 14.7. The molecule has 0 amide bonds. The monoisotopic (exact) mass is 233 g/mol. The molecule has 0 unspecified atom stereocenters. The molecule has 0 N–H and O–H groups in total. The molecule has 0 aliphatic carbocycles. The lowest BCUT2D eigenvalue weighted by molar-refractivity contribution is 0.0479. The highest BCUT2D eigenvalue weighted by atomic mass is 32.2. The molecule has 0 bridgehead atoms. The van der Waals surface area contributed by atoms with Gasteiger partial charge >= 0.3 is 11.9 Å². The molecule has 15 heavy (non-hydrogen) atoms. The van der Waals surface area contributed by atoms with E-state index < -0.39 is 15.8 Å². The minimum atomic E-state index is -3.19. The van der Waals surface area contributed by atoms with Crippen LogP contribution in [0.25, 0.3) is 0 Å². The van der Waals surface area contributed by atoms with E-state index in [0.29, 0.717) is 0 Å². The maximum atomic E-state index is 11.1. The average molecular weight is 233 g/mol. The Morgan fingerprint density at radius 2 is 2.27 bits per heavy atom. The minimum absolute atomic E-state index is 0.126. The third kappa shape index (κ3) is 3.70. The number of carbonyl (C=O) groups excluding carboxylic acids is 1. The van der Waals surface area contributed by atoms with Gasteiger partial charge in [0.15, 0.2) is 9.84 Å². The molecule has 0 aliphatic heterocycles. The molecule has 0 spiro atoms. The van der Waals surface area contributed by atoms with Crippen molar-refractivity contribution in [1.82, 2.24) is 4.98 Å². The van der Waals surface area contributed by atoms with Crippen molar-refractivity contribution in [2.75, 3.05) is 12.9 Å². The predicted molar refractivity (Wildman–Crippen MR) is 51.0 cm³/mol. The topological polar surface area (TPSA) is 86.5 Å². The van der Waals surface area contributed by atoms with Gasteiger partial charge in [0, 0.05) is 6.26 Å². The molecular formula is C8H11NO5S. The van der Waals surface area contributed by atoms with E-state index >= 15 is 0 Å². The Hall–Kier alpha value is -1.37. The zero-order valence-corrected chi connectivity index (χ0v) is 9.20. The maximum absolute atomic E-state index is 11.1. The Balaban J connectivity index is 2.77. The van der Waals surface area contributed by atoms with Gasteiger partial charge in [-0.1, -0.05) is 0 Å². The molecule has 7 heteroatoms. The molecule has 6 nitrogen and oxygen atoms in total. The van der Waals surface area contributed by atoms with Gasteiger partial charge in [0.25, 0.3) is 0 Å². The quantitative estimate of drug-likeness (QED) is 0.699. The van der Waals surface area contributed by atoms with Crippen molar-refractivity contribution in [3.8, 4) is 0 Å². The summed E-state index contributed by atoms with van der Waals surface area (Å²) in [6.45, 7) is 1.86. The SMILES string of the molecule is CCOC(=O)c1ncc(CS(C)(=O)=O)o1. The largest absolute Gasteiger partial charge is 0.459 e. The first-order chi connectivity index (χ1) is 6.92. The molecule has 0 aliphatic rings. The van der Waals surface area contributed by atoms with Gasteiger partial charge in [-0.25, -0.2) is 18.2 Å². The lowest BCUT2D eigenvalue weighted by atomic mass is 10.6. The number of sulfone groups is 1.